The predicted octanol–water partition coefficient (Wildman–Crippen LogP) is 9.19. The second-order valence-corrected chi connectivity index (χ2v) is 12.4. The van der Waals surface area contributed by atoms with E-state index in [9.17, 15) is 14.4 Å². The van der Waals surface area contributed by atoms with Crippen LogP contribution >= 0.6 is 35.0 Å². The fourth-order valence-corrected chi connectivity index (χ4v) is 5.72. The summed E-state index contributed by atoms with van der Waals surface area (Å²) in [6.07, 6.45) is 1.64. The van der Waals surface area contributed by atoms with Crippen molar-refractivity contribution in [3.63, 3.8) is 0 Å². The zero-order valence-electron chi connectivity index (χ0n) is 24.7. The van der Waals surface area contributed by atoms with Crippen LogP contribution in [-0.2, 0) is 9.59 Å². The first kappa shape index (κ1) is 32.6. The van der Waals surface area contributed by atoms with Gasteiger partial charge in [-0.3, -0.25) is 14.4 Å². The van der Waals surface area contributed by atoms with Crippen molar-refractivity contribution in [2.45, 2.75) is 17.1 Å². The molecule has 0 saturated heterocycles. The van der Waals surface area contributed by atoms with E-state index >= 15 is 0 Å². The topological polar surface area (TPSA) is 87.3 Å². The molecule has 9 heteroatoms. The zero-order chi connectivity index (χ0) is 32.5. The minimum atomic E-state index is -0.500. The van der Waals surface area contributed by atoms with Crippen molar-refractivity contribution < 1.29 is 14.4 Å². The minimum absolute atomic E-state index is 0.0746. The molecule has 0 heterocycles. The van der Waals surface area contributed by atoms with Crippen LogP contribution in [0.15, 0.2) is 138 Å². The van der Waals surface area contributed by atoms with E-state index in [0.717, 1.165) is 21.6 Å². The predicted molar refractivity (Wildman–Crippen MR) is 189 cm³/mol. The van der Waals surface area contributed by atoms with Crippen LogP contribution in [-0.4, -0.2) is 23.0 Å². The molecular weight excluding hydrogens is 637 g/mol. The average molecular weight is 667 g/mol. The van der Waals surface area contributed by atoms with E-state index in [1.807, 2.05) is 66.7 Å². The van der Waals surface area contributed by atoms with Crippen LogP contribution in [0.25, 0.3) is 17.2 Å². The number of hydrogen-bond acceptors (Lipinski definition) is 4. The molecule has 0 radical (unpaired) electrons. The quantitative estimate of drug-likeness (QED) is 0.103. The molecule has 0 bridgehead atoms. The van der Waals surface area contributed by atoms with E-state index in [1.54, 1.807) is 73.7 Å². The first-order chi connectivity index (χ1) is 22.3. The molecular formula is C37H29Cl2N3O3S. The van der Waals surface area contributed by atoms with Crippen molar-refractivity contribution in [3.8, 4) is 11.1 Å². The van der Waals surface area contributed by atoms with Gasteiger partial charge in [0.05, 0.1) is 21.0 Å². The Bertz CT molecular complexity index is 1880. The molecule has 5 aromatic rings. The van der Waals surface area contributed by atoms with Crippen LogP contribution in [0.2, 0.25) is 10.0 Å². The number of amides is 3. The third-order valence-electron chi connectivity index (χ3n) is 6.84. The minimum Gasteiger partial charge on any atom is -0.324 e. The number of halogens is 2. The molecule has 1 unspecified atom stereocenters. The van der Waals surface area contributed by atoms with Crippen LogP contribution in [0.1, 0.15) is 22.8 Å². The van der Waals surface area contributed by atoms with Crippen molar-refractivity contribution in [1.29, 1.82) is 0 Å². The van der Waals surface area contributed by atoms with Crippen LogP contribution in [0, 0.1) is 0 Å². The van der Waals surface area contributed by atoms with Gasteiger partial charge in [-0.2, -0.15) is 0 Å². The maximum absolute atomic E-state index is 13.6. The highest BCUT2D eigenvalue weighted by Gasteiger charge is 2.18. The number of rotatable bonds is 10. The van der Waals surface area contributed by atoms with E-state index in [1.165, 1.54) is 11.8 Å². The standard InChI is InChI=1S/C37H29Cl2N3O3S/c1-24(35(43)41-32-17-9-16-31(38)34(32)39)46-30-15-8-14-29(23-30)40-37(45)33(42-36(44)28-12-6-3-7-13-28)22-25-18-20-27(21-19-25)26-10-4-2-5-11-26/h2-24H,1H3,(H,40,45)(H,41,43)(H,42,44)/b33-22+. The summed E-state index contributed by atoms with van der Waals surface area (Å²) in [7, 11) is 0. The van der Waals surface area contributed by atoms with Crippen LogP contribution in [0.5, 0.6) is 0 Å². The molecule has 0 aliphatic carbocycles. The number of anilines is 2. The van der Waals surface area contributed by atoms with Gasteiger partial charge in [0.2, 0.25) is 5.91 Å². The molecule has 5 aromatic carbocycles. The molecule has 0 aromatic heterocycles. The summed E-state index contributed by atoms with van der Waals surface area (Å²) in [5.41, 5.74) is 4.27. The van der Waals surface area contributed by atoms with Gasteiger partial charge in [-0.05, 0) is 72.2 Å². The number of carbonyl (C=O) groups excluding carboxylic acids is 3. The summed E-state index contributed by atoms with van der Waals surface area (Å²) >= 11 is 13.6. The highest BCUT2D eigenvalue weighted by Crippen LogP contribution is 2.31. The second kappa shape index (κ2) is 15.5. The van der Waals surface area contributed by atoms with Gasteiger partial charge in [-0.15, -0.1) is 11.8 Å². The van der Waals surface area contributed by atoms with Crippen molar-refractivity contribution in [3.05, 3.63) is 154 Å². The Hall–Kier alpha value is -4.82. The second-order valence-electron chi connectivity index (χ2n) is 10.2. The summed E-state index contributed by atoms with van der Waals surface area (Å²) in [5.74, 6) is -1.16. The molecule has 1 atom stereocenters. The Morgan fingerprint density at radius 1 is 0.717 bits per heavy atom. The maximum Gasteiger partial charge on any atom is 0.272 e. The summed E-state index contributed by atoms with van der Waals surface area (Å²) in [5, 5.41) is 8.60. The lowest BCUT2D eigenvalue weighted by Crippen LogP contribution is -2.30. The molecule has 3 amide bonds. The smallest absolute Gasteiger partial charge is 0.272 e. The van der Waals surface area contributed by atoms with E-state index in [2.05, 4.69) is 16.0 Å². The molecule has 0 saturated carbocycles. The van der Waals surface area contributed by atoms with Gasteiger partial charge in [-0.1, -0.05) is 108 Å². The van der Waals surface area contributed by atoms with Crippen molar-refractivity contribution in [2.24, 2.45) is 0 Å². The van der Waals surface area contributed by atoms with E-state index in [0.29, 0.717) is 22.0 Å². The highest BCUT2D eigenvalue weighted by atomic mass is 35.5. The lowest BCUT2D eigenvalue weighted by molar-refractivity contribution is -0.115. The monoisotopic (exact) mass is 665 g/mol. The van der Waals surface area contributed by atoms with Crippen LogP contribution in [0.4, 0.5) is 11.4 Å². The number of benzene rings is 5. The third-order valence-corrected chi connectivity index (χ3v) is 8.75. The molecule has 0 aliphatic heterocycles. The normalized spacial score (nSPS) is 11.8. The van der Waals surface area contributed by atoms with Gasteiger partial charge in [0.15, 0.2) is 0 Å². The molecule has 3 N–H and O–H groups in total. The summed E-state index contributed by atoms with van der Waals surface area (Å²) in [6.45, 7) is 1.77. The average Bonchev–Trinajstić information content (AvgIpc) is 3.07. The molecule has 230 valence electrons. The Labute approximate surface area is 281 Å². The largest absolute Gasteiger partial charge is 0.324 e. The van der Waals surface area contributed by atoms with Gasteiger partial charge in [0.25, 0.3) is 11.8 Å². The van der Waals surface area contributed by atoms with Crippen LogP contribution < -0.4 is 16.0 Å². The van der Waals surface area contributed by atoms with Gasteiger partial charge < -0.3 is 16.0 Å². The van der Waals surface area contributed by atoms with Crippen LogP contribution in [0.3, 0.4) is 0 Å². The summed E-state index contributed by atoms with van der Waals surface area (Å²) in [4.78, 5) is 40.3. The Morgan fingerprint density at radius 2 is 1.37 bits per heavy atom. The maximum atomic E-state index is 13.6. The first-order valence-electron chi connectivity index (χ1n) is 14.3. The molecule has 6 nitrogen and oxygen atoms in total. The Balaban J connectivity index is 1.32. The molecule has 0 aliphatic rings. The number of nitrogens with one attached hydrogen (secondary N) is 3. The Morgan fingerprint density at radius 3 is 2.09 bits per heavy atom. The highest BCUT2D eigenvalue weighted by molar-refractivity contribution is 8.00. The zero-order valence-corrected chi connectivity index (χ0v) is 27.0. The molecule has 46 heavy (non-hydrogen) atoms. The summed E-state index contributed by atoms with van der Waals surface area (Å²) < 4.78 is 0. The number of thioether (sulfide) groups is 1. The van der Waals surface area contributed by atoms with Crippen molar-refractivity contribution >= 4 is 70.1 Å². The van der Waals surface area contributed by atoms with Crippen molar-refractivity contribution in [2.75, 3.05) is 10.6 Å². The lowest BCUT2D eigenvalue weighted by atomic mass is 10.0. The Kier molecular flexibility index (Phi) is 10.9. The molecule has 0 spiro atoms. The third kappa shape index (κ3) is 8.67. The fourth-order valence-electron chi connectivity index (χ4n) is 4.45. The first-order valence-corrected chi connectivity index (χ1v) is 16.0. The van der Waals surface area contributed by atoms with Gasteiger partial charge in [0, 0.05) is 16.1 Å². The van der Waals surface area contributed by atoms with E-state index in [4.69, 9.17) is 23.2 Å². The fraction of sp³-hybridized carbons (Fsp3) is 0.0541. The number of hydrogen-bond donors (Lipinski definition) is 3. The summed E-state index contributed by atoms with van der Waals surface area (Å²) in [6, 6.07) is 38.5. The SMILES string of the molecule is CC(Sc1cccc(NC(=O)/C(=C\c2ccc(-c3ccccc3)cc2)NC(=O)c2ccccc2)c1)C(=O)Nc1cccc(Cl)c1Cl. The van der Waals surface area contributed by atoms with Gasteiger partial charge in [0.1, 0.15) is 5.70 Å². The molecule has 0 fully saturated rings. The lowest BCUT2D eigenvalue weighted by Gasteiger charge is -2.15. The van der Waals surface area contributed by atoms with Gasteiger partial charge in [-0.25, -0.2) is 0 Å². The van der Waals surface area contributed by atoms with Gasteiger partial charge >= 0.3 is 0 Å². The van der Waals surface area contributed by atoms with Crippen molar-refractivity contribution in [1.82, 2.24) is 5.32 Å². The van der Waals surface area contributed by atoms with E-state index in [-0.39, 0.29) is 16.6 Å². The number of carbonyl (C=O) groups is 3. The molecule has 5 rings (SSSR count). The van der Waals surface area contributed by atoms with E-state index < -0.39 is 17.1 Å².